The zero-order valence-electron chi connectivity index (χ0n) is 26.0. The molecule has 0 aliphatic carbocycles. The average Bonchev–Trinajstić information content (AvgIpc) is 3.36. The van der Waals surface area contributed by atoms with Crippen LogP contribution < -0.4 is 9.80 Å². The summed E-state index contributed by atoms with van der Waals surface area (Å²) in [5.41, 5.74) is -0.510. The van der Waals surface area contributed by atoms with Crippen LogP contribution in [0, 0.1) is 11.8 Å². The predicted octanol–water partition coefficient (Wildman–Crippen LogP) is 5.05. The molecular weight excluding hydrogens is 590 g/mol. The molecule has 2 saturated heterocycles. The van der Waals surface area contributed by atoms with Crippen molar-refractivity contribution in [2.45, 2.75) is 30.2 Å². The first kappa shape index (κ1) is 29.4. The second-order valence-electron chi connectivity index (χ2n) is 12.9. The fourth-order valence-electron chi connectivity index (χ4n) is 8.24. The summed E-state index contributed by atoms with van der Waals surface area (Å²) in [7, 11) is 0. The predicted molar refractivity (Wildman–Crippen MR) is 179 cm³/mol. The maximum absolute atomic E-state index is 15.1. The van der Waals surface area contributed by atoms with E-state index in [2.05, 4.69) is 0 Å². The van der Waals surface area contributed by atoms with Gasteiger partial charge in [0.15, 0.2) is 0 Å². The number of rotatable bonds is 5. The van der Waals surface area contributed by atoms with E-state index < -0.39 is 41.7 Å². The number of para-hydroxylation sites is 1. The molecule has 4 aromatic carbocycles. The summed E-state index contributed by atoms with van der Waals surface area (Å²) in [6.07, 6.45) is 7.51. The molecule has 6 atom stereocenters. The highest BCUT2D eigenvalue weighted by Crippen LogP contribution is 2.59. The molecule has 8 heteroatoms. The van der Waals surface area contributed by atoms with E-state index in [1.807, 2.05) is 134 Å². The van der Waals surface area contributed by atoms with Crippen LogP contribution in [0.1, 0.15) is 18.5 Å². The SMILES string of the molecule is C[C@]12C=CCN(c3ccccc3)C(=O)[C@H]1[C@H]1C(=O)N([C@H](CO)c3ccccc3)C3C(=O)N(c4ccc5ccccc5c4)CC=C[C@@]31O2. The van der Waals surface area contributed by atoms with E-state index in [0.717, 1.165) is 16.5 Å². The van der Waals surface area contributed by atoms with Crippen LogP contribution in [-0.4, -0.2) is 64.7 Å². The van der Waals surface area contributed by atoms with Gasteiger partial charge in [0.25, 0.3) is 5.91 Å². The molecule has 4 heterocycles. The van der Waals surface area contributed by atoms with Crippen LogP contribution in [-0.2, 0) is 19.1 Å². The first-order valence-electron chi connectivity index (χ1n) is 16.1. The fourth-order valence-corrected chi connectivity index (χ4v) is 8.24. The average molecular weight is 626 g/mol. The highest BCUT2D eigenvalue weighted by Gasteiger charge is 2.75. The number of aliphatic hydroxyl groups excluding tert-OH is 1. The Labute approximate surface area is 273 Å². The van der Waals surface area contributed by atoms with Crippen LogP contribution in [0.5, 0.6) is 0 Å². The van der Waals surface area contributed by atoms with Crippen molar-refractivity contribution >= 4 is 39.9 Å². The molecule has 4 aliphatic heterocycles. The smallest absolute Gasteiger partial charge is 0.253 e. The van der Waals surface area contributed by atoms with Gasteiger partial charge in [0, 0.05) is 24.5 Å². The van der Waals surface area contributed by atoms with Gasteiger partial charge in [-0.2, -0.15) is 0 Å². The van der Waals surface area contributed by atoms with Gasteiger partial charge in [0.05, 0.1) is 30.1 Å². The molecular formula is C39H35N3O5. The Morgan fingerprint density at radius 3 is 2.09 bits per heavy atom. The maximum Gasteiger partial charge on any atom is 0.253 e. The molecule has 1 unspecified atom stereocenters. The van der Waals surface area contributed by atoms with Gasteiger partial charge in [-0.3, -0.25) is 14.4 Å². The second-order valence-corrected chi connectivity index (χ2v) is 12.9. The van der Waals surface area contributed by atoms with Crippen molar-refractivity contribution < 1.29 is 24.2 Å². The zero-order chi connectivity index (χ0) is 32.3. The number of carbonyl (C=O) groups excluding carboxylic acids is 3. The number of benzene rings is 4. The van der Waals surface area contributed by atoms with Gasteiger partial charge in [-0.25, -0.2) is 0 Å². The molecule has 4 aliphatic rings. The van der Waals surface area contributed by atoms with Crippen molar-refractivity contribution in [3.8, 4) is 0 Å². The molecule has 3 amide bonds. The van der Waals surface area contributed by atoms with Gasteiger partial charge in [-0.15, -0.1) is 0 Å². The molecule has 0 bridgehead atoms. The Balaban J connectivity index is 1.29. The molecule has 1 spiro atoms. The first-order valence-corrected chi connectivity index (χ1v) is 16.1. The molecule has 1 N–H and O–H groups in total. The highest BCUT2D eigenvalue weighted by molar-refractivity contribution is 6.08. The van der Waals surface area contributed by atoms with Gasteiger partial charge in [0.1, 0.15) is 11.6 Å². The lowest BCUT2D eigenvalue weighted by molar-refractivity contribution is -0.148. The Morgan fingerprint density at radius 1 is 0.723 bits per heavy atom. The van der Waals surface area contributed by atoms with Gasteiger partial charge in [-0.1, -0.05) is 103 Å². The monoisotopic (exact) mass is 625 g/mol. The molecule has 0 saturated carbocycles. The number of carbonyl (C=O) groups is 3. The van der Waals surface area contributed by atoms with Gasteiger partial charge in [0.2, 0.25) is 11.8 Å². The lowest BCUT2D eigenvalue weighted by Crippen LogP contribution is -2.57. The zero-order valence-corrected chi connectivity index (χ0v) is 26.0. The summed E-state index contributed by atoms with van der Waals surface area (Å²) in [5, 5.41) is 12.9. The topological polar surface area (TPSA) is 90.4 Å². The summed E-state index contributed by atoms with van der Waals surface area (Å²) in [6.45, 7) is 2.01. The number of anilines is 2. The van der Waals surface area contributed by atoms with Crippen LogP contribution in [0.4, 0.5) is 11.4 Å². The Morgan fingerprint density at radius 2 is 1.36 bits per heavy atom. The van der Waals surface area contributed by atoms with Crippen LogP contribution >= 0.6 is 0 Å². The third kappa shape index (κ3) is 4.39. The number of hydrogen-bond acceptors (Lipinski definition) is 5. The van der Waals surface area contributed by atoms with E-state index in [9.17, 15) is 9.90 Å². The number of fused-ring (bicyclic) bond motifs is 3. The van der Waals surface area contributed by atoms with Crippen molar-refractivity contribution in [2.24, 2.45) is 11.8 Å². The summed E-state index contributed by atoms with van der Waals surface area (Å²) in [5.74, 6) is -2.88. The number of aliphatic hydroxyl groups is 1. The quantitative estimate of drug-likeness (QED) is 0.314. The Hall–Kier alpha value is -5.05. The first-order chi connectivity index (χ1) is 22.9. The minimum absolute atomic E-state index is 0.240. The van der Waals surface area contributed by atoms with E-state index in [1.165, 1.54) is 4.90 Å². The Bertz CT molecular complexity index is 1940. The van der Waals surface area contributed by atoms with E-state index in [4.69, 9.17) is 4.74 Å². The van der Waals surface area contributed by atoms with Crippen LogP contribution in [0.15, 0.2) is 127 Å². The molecule has 2 fully saturated rings. The molecule has 236 valence electrons. The molecule has 47 heavy (non-hydrogen) atoms. The normalized spacial score (nSPS) is 29.0. The van der Waals surface area contributed by atoms with Crippen LogP contribution in [0.3, 0.4) is 0 Å². The van der Waals surface area contributed by atoms with E-state index in [-0.39, 0.29) is 24.3 Å². The van der Waals surface area contributed by atoms with Gasteiger partial charge in [-0.05, 0) is 47.5 Å². The number of amides is 3. The third-order valence-corrected chi connectivity index (χ3v) is 10.3. The van der Waals surface area contributed by atoms with E-state index in [0.29, 0.717) is 17.8 Å². The van der Waals surface area contributed by atoms with E-state index in [1.54, 1.807) is 9.80 Å². The third-order valence-electron chi connectivity index (χ3n) is 10.3. The van der Waals surface area contributed by atoms with Crippen molar-refractivity contribution in [1.29, 1.82) is 0 Å². The fraction of sp³-hybridized carbons (Fsp3) is 0.256. The summed E-state index contributed by atoms with van der Waals surface area (Å²) >= 11 is 0. The van der Waals surface area contributed by atoms with Crippen molar-refractivity contribution in [3.63, 3.8) is 0 Å². The summed E-state index contributed by atoms with van der Waals surface area (Å²) in [4.78, 5) is 49.6. The molecule has 8 nitrogen and oxygen atoms in total. The molecule has 4 aromatic rings. The summed E-state index contributed by atoms with van der Waals surface area (Å²) in [6, 6.07) is 30.5. The van der Waals surface area contributed by atoms with Crippen molar-refractivity contribution in [2.75, 3.05) is 29.5 Å². The van der Waals surface area contributed by atoms with Crippen LogP contribution in [0.2, 0.25) is 0 Å². The van der Waals surface area contributed by atoms with Crippen molar-refractivity contribution in [3.05, 3.63) is 133 Å². The maximum atomic E-state index is 15.1. The van der Waals surface area contributed by atoms with Gasteiger partial charge < -0.3 is 24.5 Å². The number of ether oxygens (including phenoxy) is 1. The second kappa shape index (κ2) is 11.0. The molecule has 0 radical (unpaired) electrons. The standard InChI is InChI=1S/C39H35N3O5/c1-38-20-10-22-40(29-16-6-3-7-17-29)35(44)32(38)33-36(45)42(31(25-43)27-13-4-2-5-14-27)34-37(46)41(23-11-21-39(33,34)47-38)30-19-18-26-12-8-9-15-28(26)24-30/h2-21,24,31-34,43H,22-23,25H2,1H3/t31-,32-,33+,34?,38+,39+/m1/s1. The minimum atomic E-state index is -1.46. The number of hydrogen-bond donors (Lipinski definition) is 1. The lowest BCUT2D eigenvalue weighted by atomic mass is 9.74. The van der Waals surface area contributed by atoms with Crippen LogP contribution in [0.25, 0.3) is 10.8 Å². The lowest BCUT2D eigenvalue weighted by Gasteiger charge is -2.40. The largest absolute Gasteiger partial charge is 0.394 e. The highest BCUT2D eigenvalue weighted by atomic mass is 16.5. The van der Waals surface area contributed by atoms with E-state index >= 15 is 9.59 Å². The van der Waals surface area contributed by atoms with Gasteiger partial charge >= 0.3 is 0 Å². The summed E-state index contributed by atoms with van der Waals surface area (Å²) < 4.78 is 7.03. The molecule has 0 aromatic heterocycles. The minimum Gasteiger partial charge on any atom is -0.394 e. The molecule has 8 rings (SSSR count). The van der Waals surface area contributed by atoms with Crippen molar-refractivity contribution in [1.82, 2.24) is 4.90 Å². The Kier molecular flexibility index (Phi) is 6.89. The number of nitrogens with zero attached hydrogens (tertiary/aromatic N) is 3. The number of likely N-dealkylation sites (tertiary alicyclic amines) is 1.